The average molecular weight is 260 g/mol. The standard InChI is InChI=1S/C15H24N4/c1-18-8-2-3-12(10-18)19-14-6-7-16-9-13(14)17-15(19)11-4-5-11/h11-12,16H,2-10H2,1H3. The van der Waals surface area contributed by atoms with Gasteiger partial charge in [-0.15, -0.1) is 0 Å². The third kappa shape index (κ3) is 2.11. The average Bonchev–Trinajstić information content (AvgIpc) is 3.19. The summed E-state index contributed by atoms with van der Waals surface area (Å²) in [6.45, 7) is 4.56. The number of hydrogen-bond donors (Lipinski definition) is 1. The van der Waals surface area contributed by atoms with Crippen LogP contribution in [0.4, 0.5) is 0 Å². The van der Waals surface area contributed by atoms with Crippen LogP contribution in [-0.2, 0) is 13.0 Å². The van der Waals surface area contributed by atoms with Crippen LogP contribution in [0.2, 0.25) is 0 Å². The second-order valence-corrected chi connectivity index (χ2v) is 6.49. The number of likely N-dealkylation sites (tertiary alicyclic amines) is 1. The van der Waals surface area contributed by atoms with Crippen LogP contribution in [0.1, 0.15) is 54.9 Å². The normalized spacial score (nSPS) is 28.4. The molecule has 0 spiro atoms. The monoisotopic (exact) mass is 260 g/mol. The minimum atomic E-state index is 0.670. The number of aromatic nitrogens is 2. The third-order valence-corrected chi connectivity index (χ3v) is 4.86. The lowest BCUT2D eigenvalue weighted by Gasteiger charge is -2.33. The summed E-state index contributed by atoms with van der Waals surface area (Å²) >= 11 is 0. The molecule has 4 nitrogen and oxygen atoms in total. The van der Waals surface area contributed by atoms with Crippen LogP contribution in [0.25, 0.3) is 0 Å². The Morgan fingerprint density at radius 3 is 2.95 bits per heavy atom. The highest BCUT2D eigenvalue weighted by Crippen LogP contribution is 2.42. The van der Waals surface area contributed by atoms with E-state index in [0.717, 1.165) is 25.4 Å². The Bertz CT molecular complexity index is 475. The highest BCUT2D eigenvalue weighted by Gasteiger charge is 2.34. The van der Waals surface area contributed by atoms with Gasteiger partial charge in [-0.1, -0.05) is 0 Å². The van der Waals surface area contributed by atoms with E-state index in [2.05, 4.69) is 21.8 Å². The van der Waals surface area contributed by atoms with Crippen LogP contribution in [0.3, 0.4) is 0 Å². The van der Waals surface area contributed by atoms with E-state index in [0.29, 0.717) is 6.04 Å². The van der Waals surface area contributed by atoms with E-state index < -0.39 is 0 Å². The van der Waals surface area contributed by atoms with Crippen molar-refractivity contribution in [1.29, 1.82) is 0 Å². The van der Waals surface area contributed by atoms with Crippen molar-refractivity contribution < 1.29 is 0 Å². The molecule has 1 aromatic rings. The van der Waals surface area contributed by atoms with Crippen molar-refractivity contribution in [2.24, 2.45) is 0 Å². The van der Waals surface area contributed by atoms with E-state index in [9.17, 15) is 0 Å². The summed E-state index contributed by atoms with van der Waals surface area (Å²) in [5.74, 6) is 2.17. The van der Waals surface area contributed by atoms with Gasteiger partial charge in [0.15, 0.2) is 0 Å². The SMILES string of the molecule is CN1CCCC(n2c(C3CC3)nc3c2CCNC3)C1. The van der Waals surface area contributed by atoms with Gasteiger partial charge in [-0.05, 0) is 39.3 Å². The zero-order chi connectivity index (χ0) is 12.8. The number of hydrogen-bond acceptors (Lipinski definition) is 3. The van der Waals surface area contributed by atoms with Crippen LogP contribution in [0.15, 0.2) is 0 Å². The van der Waals surface area contributed by atoms with Gasteiger partial charge in [-0.25, -0.2) is 4.98 Å². The summed E-state index contributed by atoms with van der Waals surface area (Å²) in [5.41, 5.74) is 2.88. The summed E-state index contributed by atoms with van der Waals surface area (Å²) < 4.78 is 2.66. The fraction of sp³-hybridized carbons (Fsp3) is 0.800. The Morgan fingerprint density at radius 1 is 1.26 bits per heavy atom. The molecule has 1 saturated carbocycles. The molecule has 104 valence electrons. The molecule has 3 aliphatic rings. The van der Waals surface area contributed by atoms with E-state index in [1.54, 1.807) is 5.69 Å². The topological polar surface area (TPSA) is 33.1 Å². The maximum absolute atomic E-state index is 4.99. The summed E-state index contributed by atoms with van der Waals surface area (Å²) in [5, 5.41) is 3.47. The molecule has 19 heavy (non-hydrogen) atoms. The van der Waals surface area contributed by atoms with Crippen LogP contribution in [0.5, 0.6) is 0 Å². The second kappa shape index (κ2) is 4.60. The summed E-state index contributed by atoms with van der Waals surface area (Å²) in [6.07, 6.45) is 6.53. The zero-order valence-electron chi connectivity index (χ0n) is 11.9. The molecule has 1 unspecified atom stereocenters. The number of likely N-dealkylation sites (N-methyl/N-ethyl adjacent to an activating group) is 1. The van der Waals surface area contributed by atoms with Gasteiger partial charge in [-0.2, -0.15) is 0 Å². The number of nitrogens with one attached hydrogen (secondary N) is 1. The zero-order valence-corrected chi connectivity index (χ0v) is 11.9. The van der Waals surface area contributed by atoms with Crippen LogP contribution < -0.4 is 5.32 Å². The molecule has 0 bridgehead atoms. The number of piperidine rings is 1. The Labute approximate surface area is 115 Å². The fourth-order valence-electron chi connectivity index (χ4n) is 3.74. The predicted octanol–water partition coefficient (Wildman–Crippen LogP) is 1.67. The van der Waals surface area contributed by atoms with Crippen LogP contribution >= 0.6 is 0 Å². The van der Waals surface area contributed by atoms with Gasteiger partial charge in [0, 0.05) is 43.7 Å². The first-order valence-electron chi connectivity index (χ1n) is 7.82. The molecule has 0 radical (unpaired) electrons. The van der Waals surface area contributed by atoms with Gasteiger partial charge in [0.05, 0.1) is 5.69 Å². The number of nitrogens with zero attached hydrogens (tertiary/aromatic N) is 3. The van der Waals surface area contributed by atoms with Gasteiger partial charge < -0.3 is 14.8 Å². The molecular formula is C15H24N4. The molecule has 2 aliphatic heterocycles. The van der Waals surface area contributed by atoms with Gasteiger partial charge in [0.25, 0.3) is 0 Å². The van der Waals surface area contributed by atoms with Crippen molar-refractivity contribution in [3.8, 4) is 0 Å². The molecule has 1 N–H and O–H groups in total. The second-order valence-electron chi connectivity index (χ2n) is 6.49. The first-order valence-corrected chi connectivity index (χ1v) is 7.82. The fourth-order valence-corrected chi connectivity index (χ4v) is 3.74. The third-order valence-electron chi connectivity index (χ3n) is 4.86. The maximum atomic E-state index is 4.99. The molecule has 4 heteroatoms. The van der Waals surface area contributed by atoms with Crippen molar-refractivity contribution in [2.75, 3.05) is 26.7 Å². The van der Waals surface area contributed by atoms with Gasteiger partial charge in [0.1, 0.15) is 5.82 Å². The lowest BCUT2D eigenvalue weighted by atomic mass is 10.0. The lowest BCUT2D eigenvalue weighted by molar-refractivity contribution is 0.207. The summed E-state index contributed by atoms with van der Waals surface area (Å²) in [6, 6.07) is 0.670. The number of imidazole rings is 1. The minimum absolute atomic E-state index is 0.670. The number of rotatable bonds is 2. The van der Waals surface area contributed by atoms with Crippen molar-refractivity contribution in [3.05, 3.63) is 17.2 Å². The Hall–Kier alpha value is -0.870. The Kier molecular flexibility index (Phi) is 2.88. The molecular weight excluding hydrogens is 236 g/mol. The highest BCUT2D eigenvalue weighted by atomic mass is 15.2. The van der Waals surface area contributed by atoms with Crippen molar-refractivity contribution in [3.63, 3.8) is 0 Å². The largest absolute Gasteiger partial charge is 0.327 e. The molecule has 1 saturated heterocycles. The van der Waals surface area contributed by atoms with E-state index in [4.69, 9.17) is 4.98 Å². The van der Waals surface area contributed by atoms with E-state index in [1.807, 2.05) is 0 Å². The number of fused-ring (bicyclic) bond motifs is 1. The molecule has 1 atom stereocenters. The molecule has 1 aliphatic carbocycles. The van der Waals surface area contributed by atoms with Crippen molar-refractivity contribution in [1.82, 2.24) is 19.8 Å². The first-order chi connectivity index (χ1) is 9.33. The van der Waals surface area contributed by atoms with E-state index >= 15 is 0 Å². The van der Waals surface area contributed by atoms with Crippen LogP contribution in [0, 0.1) is 0 Å². The first kappa shape index (κ1) is 11.9. The van der Waals surface area contributed by atoms with Crippen molar-refractivity contribution in [2.45, 2.75) is 50.6 Å². The van der Waals surface area contributed by atoms with Gasteiger partial charge in [-0.3, -0.25) is 0 Å². The smallest absolute Gasteiger partial charge is 0.112 e. The van der Waals surface area contributed by atoms with Crippen molar-refractivity contribution >= 4 is 0 Å². The highest BCUT2D eigenvalue weighted by molar-refractivity contribution is 5.25. The summed E-state index contributed by atoms with van der Waals surface area (Å²) in [4.78, 5) is 7.48. The van der Waals surface area contributed by atoms with Gasteiger partial charge >= 0.3 is 0 Å². The Morgan fingerprint density at radius 2 is 2.16 bits per heavy atom. The van der Waals surface area contributed by atoms with Gasteiger partial charge in [0.2, 0.25) is 0 Å². The molecule has 3 heterocycles. The molecule has 0 amide bonds. The molecule has 0 aromatic carbocycles. The molecule has 1 aromatic heterocycles. The Balaban J connectivity index is 1.73. The predicted molar refractivity (Wildman–Crippen MR) is 75.4 cm³/mol. The lowest BCUT2D eigenvalue weighted by Crippen LogP contribution is -2.35. The van der Waals surface area contributed by atoms with E-state index in [1.165, 1.54) is 50.3 Å². The molecule has 2 fully saturated rings. The molecule has 4 rings (SSSR count). The van der Waals surface area contributed by atoms with Crippen LogP contribution in [-0.4, -0.2) is 41.1 Å². The van der Waals surface area contributed by atoms with E-state index in [-0.39, 0.29) is 0 Å². The summed E-state index contributed by atoms with van der Waals surface area (Å²) in [7, 11) is 2.26. The minimum Gasteiger partial charge on any atom is -0.327 e. The quantitative estimate of drug-likeness (QED) is 0.878. The maximum Gasteiger partial charge on any atom is 0.112 e.